The first kappa shape index (κ1) is 35.5. The zero-order valence-corrected chi connectivity index (χ0v) is 28.5. The molecule has 0 radical (unpaired) electrons. The van der Waals surface area contributed by atoms with Crippen LogP contribution < -0.4 is 15.4 Å². The molecule has 1 saturated heterocycles. The smallest absolute Gasteiger partial charge is 0.274 e. The number of nitrogens with zero attached hydrogens (tertiary/aromatic N) is 4. The Balaban J connectivity index is 1.46. The predicted molar refractivity (Wildman–Crippen MR) is 182 cm³/mol. The lowest BCUT2D eigenvalue weighted by molar-refractivity contribution is -0.141. The van der Waals surface area contributed by atoms with Crippen molar-refractivity contribution in [2.24, 2.45) is 5.41 Å². The zero-order valence-electron chi connectivity index (χ0n) is 28.5. The number of likely N-dealkylation sites (N-methyl/N-ethyl adjacent to an activating group) is 1. The Morgan fingerprint density at radius 2 is 1.69 bits per heavy atom. The number of benzene rings is 2. The molecule has 49 heavy (non-hydrogen) atoms. The van der Waals surface area contributed by atoms with E-state index in [4.69, 9.17) is 4.74 Å². The molecule has 0 aliphatic carbocycles. The first-order chi connectivity index (χ1) is 23.3. The zero-order chi connectivity index (χ0) is 35.3. The third-order valence-corrected chi connectivity index (χ3v) is 8.89. The Bertz CT molecular complexity index is 1720. The molecule has 1 fully saturated rings. The van der Waals surface area contributed by atoms with E-state index < -0.39 is 35.5 Å². The molecule has 5 rings (SSSR count). The maximum atomic E-state index is 14.5. The van der Waals surface area contributed by atoms with Crippen LogP contribution in [-0.2, 0) is 16.0 Å². The molecule has 2 N–H and O–H groups in total. The summed E-state index contributed by atoms with van der Waals surface area (Å²) in [6, 6.07) is 15.4. The van der Waals surface area contributed by atoms with Gasteiger partial charge in [-0.1, -0.05) is 39.0 Å². The Morgan fingerprint density at radius 1 is 1.02 bits per heavy atom. The van der Waals surface area contributed by atoms with Crippen LogP contribution in [0.4, 0.5) is 8.78 Å². The SMILES string of the molecule is CN[C@@H](C)C(=O)N[C@H](C(=O)N1C[C@@H](Oc2ccc(F)cc2)C[C@H]1CN(CCc1ccc(F)cc1)C(=O)c1cn2ccccc2n1)C(C)(C)C. The summed E-state index contributed by atoms with van der Waals surface area (Å²) < 4.78 is 35.3. The lowest BCUT2D eigenvalue weighted by atomic mass is 9.85. The summed E-state index contributed by atoms with van der Waals surface area (Å²) >= 11 is 0. The van der Waals surface area contributed by atoms with E-state index in [-0.39, 0.29) is 48.9 Å². The van der Waals surface area contributed by atoms with Gasteiger partial charge in [0.15, 0.2) is 0 Å². The quantitative estimate of drug-likeness (QED) is 0.230. The molecule has 4 atom stereocenters. The van der Waals surface area contributed by atoms with E-state index in [2.05, 4.69) is 15.6 Å². The van der Waals surface area contributed by atoms with Gasteiger partial charge in [0, 0.05) is 31.9 Å². The Hall–Kier alpha value is -4.84. The molecule has 0 unspecified atom stereocenters. The third-order valence-electron chi connectivity index (χ3n) is 8.89. The number of hydrogen-bond donors (Lipinski definition) is 2. The number of ether oxygens (including phenoxy) is 1. The minimum absolute atomic E-state index is 0.153. The van der Waals surface area contributed by atoms with Gasteiger partial charge in [-0.3, -0.25) is 14.4 Å². The summed E-state index contributed by atoms with van der Waals surface area (Å²) in [4.78, 5) is 49.6. The number of hydrogen-bond acceptors (Lipinski definition) is 6. The number of imidazole rings is 1. The van der Waals surface area contributed by atoms with Gasteiger partial charge < -0.3 is 29.6 Å². The van der Waals surface area contributed by atoms with Crippen molar-refractivity contribution in [1.29, 1.82) is 0 Å². The van der Waals surface area contributed by atoms with Gasteiger partial charge in [-0.2, -0.15) is 0 Å². The van der Waals surface area contributed by atoms with Gasteiger partial charge in [-0.15, -0.1) is 0 Å². The van der Waals surface area contributed by atoms with Crippen LogP contribution in [0.25, 0.3) is 5.65 Å². The molecule has 0 bridgehead atoms. The number of halogens is 2. The first-order valence-corrected chi connectivity index (χ1v) is 16.5. The number of likely N-dealkylation sites (tertiary alicyclic amines) is 1. The van der Waals surface area contributed by atoms with Crippen molar-refractivity contribution in [1.82, 2.24) is 29.8 Å². The van der Waals surface area contributed by atoms with Gasteiger partial charge in [-0.25, -0.2) is 13.8 Å². The number of amides is 3. The Kier molecular flexibility index (Phi) is 11.0. The van der Waals surface area contributed by atoms with Crippen LogP contribution >= 0.6 is 0 Å². The summed E-state index contributed by atoms with van der Waals surface area (Å²) in [5, 5.41) is 5.86. The fourth-order valence-corrected chi connectivity index (χ4v) is 5.97. The van der Waals surface area contributed by atoms with E-state index >= 15 is 0 Å². The maximum Gasteiger partial charge on any atom is 0.274 e. The van der Waals surface area contributed by atoms with Gasteiger partial charge in [0.25, 0.3) is 5.91 Å². The van der Waals surface area contributed by atoms with Crippen molar-refractivity contribution in [3.8, 4) is 5.75 Å². The van der Waals surface area contributed by atoms with E-state index in [1.165, 1.54) is 36.4 Å². The number of carbonyl (C=O) groups is 3. The standard InChI is InChI=1S/C37H44F2N6O4/c1-24(40-5)34(46)42-33(37(2,3)4)36(48)45-22-30(49-29-15-13-27(39)14-16-29)20-28(45)21-44(19-17-25-9-11-26(38)12-10-25)35(47)31-23-43-18-7-6-8-32(43)41-31/h6-16,18,23-24,28,30,33,40H,17,19-22H2,1-5H3,(H,42,46)/t24-,28-,30-,33+/m0/s1. The number of pyridine rings is 1. The molecule has 12 heteroatoms. The normalized spacial score (nSPS) is 17.5. The highest BCUT2D eigenvalue weighted by molar-refractivity contribution is 5.93. The van der Waals surface area contributed by atoms with Gasteiger partial charge >= 0.3 is 0 Å². The molecular weight excluding hydrogens is 630 g/mol. The van der Waals surface area contributed by atoms with E-state index in [1.807, 2.05) is 45.2 Å². The van der Waals surface area contributed by atoms with Crippen LogP contribution in [0.1, 0.15) is 50.2 Å². The third kappa shape index (κ3) is 8.80. The lowest BCUT2D eigenvalue weighted by Gasteiger charge is -2.37. The predicted octanol–water partition coefficient (Wildman–Crippen LogP) is 4.48. The van der Waals surface area contributed by atoms with Crippen molar-refractivity contribution < 1.29 is 27.9 Å². The van der Waals surface area contributed by atoms with Crippen molar-refractivity contribution in [3.63, 3.8) is 0 Å². The van der Waals surface area contributed by atoms with Gasteiger partial charge in [-0.05, 0) is 79.9 Å². The number of aromatic nitrogens is 2. The average Bonchev–Trinajstić information content (AvgIpc) is 3.69. The van der Waals surface area contributed by atoms with Crippen LogP contribution in [0.5, 0.6) is 5.75 Å². The molecule has 4 aromatic rings. The van der Waals surface area contributed by atoms with Crippen LogP contribution in [0, 0.1) is 17.0 Å². The molecule has 260 valence electrons. The van der Waals surface area contributed by atoms with E-state index in [0.717, 1.165) is 5.56 Å². The fraction of sp³-hybridized carbons (Fsp3) is 0.405. The minimum Gasteiger partial charge on any atom is -0.489 e. The molecule has 10 nitrogen and oxygen atoms in total. The van der Waals surface area contributed by atoms with Gasteiger partial charge in [0.2, 0.25) is 11.8 Å². The Morgan fingerprint density at radius 3 is 2.33 bits per heavy atom. The summed E-state index contributed by atoms with van der Waals surface area (Å²) in [6.45, 7) is 8.01. The second-order valence-electron chi connectivity index (χ2n) is 13.6. The fourth-order valence-electron chi connectivity index (χ4n) is 5.97. The largest absolute Gasteiger partial charge is 0.489 e. The topological polar surface area (TPSA) is 108 Å². The molecule has 0 saturated carbocycles. The highest BCUT2D eigenvalue weighted by Crippen LogP contribution is 2.29. The van der Waals surface area contributed by atoms with Crippen molar-refractivity contribution in [3.05, 3.63) is 102 Å². The van der Waals surface area contributed by atoms with Crippen LogP contribution in [0.2, 0.25) is 0 Å². The second kappa shape index (κ2) is 15.1. The molecular formula is C37H44F2N6O4. The van der Waals surface area contributed by atoms with E-state index in [9.17, 15) is 23.2 Å². The maximum absolute atomic E-state index is 14.5. The number of nitrogens with one attached hydrogen (secondary N) is 2. The van der Waals surface area contributed by atoms with Crippen LogP contribution in [0.3, 0.4) is 0 Å². The van der Waals surface area contributed by atoms with Gasteiger partial charge in [0.1, 0.15) is 40.9 Å². The summed E-state index contributed by atoms with van der Waals surface area (Å²) in [6.07, 6.45) is 3.85. The van der Waals surface area contributed by atoms with Crippen LogP contribution in [0.15, 0.2) is 79.1 Å². The Labute approximate surface area is 285 Å². The summed E-state index contributed by atoms with van der Waals surface area (Å²) in [7, 11) is 1.67. The molecule has 3 heterocycles. The minimum atomic E-state index is -0.871. The van der Waals surface area contributed by atoms with E-state index in [0.29, 0.717) is 24.2 Å². The van der Waals surface area contributed by atoms with Crippen molar-refractivity contribution in [2.75, 3.05) is 26.7 Å². The van der Waals surface area contributed by atoms with Gasteiger partial charge in [0.05, 0.1) is 18.6 Å². The highest BCUT2D eigenvalue weighted by Gasteiger charge is 2.44. The monoisotopic (exact) mass is 674 g/mol. The van der Waals surface area contributed by atoms with E-state index in [1.54, 1.807) is 46.5 Å². The lowest BCUT2D eigenvalue weighted by Crippen LogP contribution is -2.59. The molecule has 3 amide bonds. The van der Waals surface area contributed by atoms with Crippen molar-refractivity contribution in [2.45, 2.75) is 64.8 Å². The first-order valence-electron chi connectivity index (χ1n) is 16.5. The molecule has 1 aliphatic heterocycles. The molecule has 0 spiro atoms. The molecule has 2 aromatic carbocycles. The number of fused-ring (bicyclic) bond motifs is 1. The highest BCUT2D eigenvalue weighted by atomic mass is 19.1. The molecule has 2 aromatic heterocycles. The number of rotatable bonds is 12. The second-order valence-corrected chi connectivity index (χ2v) is 13.6. The molecule has 1 aliphatic rings. The summed E-state index contributed by atoms with van der Waals surface area (Å²) in [5.74, 6) is -1.21. The summed E-state index contributed by atoms with van der Waals surface area (Å²) in [5.41, 5.74) is 1.07. The average molecular weight is 675 g/mol. The van der Waals surface area contributed by atoms with Crippen molar-refractivity contribution >= 4 is 23.4 Å². The van der Waals surface area contributed by atoms with Crippen LogP contribution in [-0.4, -0.2) is 87.8 Å². The number of carbonyl (C=O) groups excluding carboxylic acids is 3.